The standard InChI is InChI=1S/C33H34F6N4O2/c1-21-6-2-3-7-26(21)27-19-28(42-12-8-25(9-13-42)41-10-4-5-11-41)40-30-29(27)31(44)43(14-15-45-30)20-22-16-23(32(34,35)36)18-24(17-22)33(37,38)39/h2-3,6-7,16-19,25H,4-5,8-15,20H2,1H3. The van der Waals surface area contributed by atoms with Crippen LogP contribution in [0.5, 0.6) is 5.88 Å². The molecule has 2 saturated heterocycles. The molecule has 12 heteroatoms. The number of aromatic nitrogens is 1. The molecule has 3 aliphatic rings. The van der Waals surface area contributed by atoms with Crippen molar-refractivity contribution in [2.45, 2.75) is 57.5 Å². The van der Waals surface area contributed by atoms with Crippen molar-refractivity contribution in [3.05, 3.63) is 76.3 Å². The first-order valence-electron chi connectivity index (χ1n) is 15.2. The Balaban J connectivity index is 1.35. The van der Waals surface area contributed by atoms with Gasteiger partial charge in [0.15, 0.2) is 0 Å². The van der Waals surface area contributed by atoms with E-state index in [9.17, 15) is 31.1 Å². The molecule has 2 aromatic carbocycles. The topological polar surface area (TPSA) is 48.9 Å². The molecule has 3 aliphatic heterocycles. The summed E-state index contributed by atoms with van der Waals surface area (Å²) < 4.78 is 87.3. The largest absolute Gasteiger partial charge is 0.475 e. The first kappa shape index (κ1) is 31.2. The Hall–Kier alpha value is -3.80. The minimum atomic E-state index is -4.99. The van der Waals surface area contributed by atoms with Gasteiger partial charge in [0, 0.05) is 31.2 Å². The van der Waals surface area contributed by atoms with E-state index in [1.165, 1.54) is 17.7 Å². The lowest BCUT2D eigenvalue weighted by Gasteiger charge is -2.37. The van der Waals surface area contributed by atoms with Crippen molar-refractivity contribution in [1.29, 1.82) is 0 Å². The summed E-state index contributed by atoms with van der Waals surface area (Å²) in [6.07, 6.45) is -5.55. The molecule has 0 unspecified atom stereocenters. The number of nitrogens with zero attached hydrogens (tertiary/aromatic N) is 4. The van der Waals surface area contributed by atoms with E-state index in [1.54, 1.807) is 0 Å². The van der Waals surface area contributed by atoms with Crippen molar-refractivity contribution in [3.8, 4) is 17.0 Å². The Kier molecular flexibility index (Phi) is 8.45. The van der Waals surface area contributed by atoms with Crippen LogP contribution in [0.1, 0.15) is 58.3 Å². The number of hydrogen-bond donors (Lipinski definition) is 0. The fourth-order valence-electron chi connectivity index (χ4n) is 6.63. The zero-order chi connectivity index (χ0) is 31.9. The van der Waals surface area contributed by atoms with Crippen molar-refractivity contribution in [3.63, 3.8) is 0 Å². The third-order valence-corrected chi connectivity index (χ3v) is 8.98. The molecule has 0 bridgehead atoms. The fourth-order valence-corrected chi connectivity index (χ4v) is 6.63. The number of rotatable bonds is 5. The van der Waals surface area contributed by atoms with Crippen LogP contribution in [0.3, 0.4) is 0 Å². The maximum absolute atomic E-state index is 14.1. The summed E-state index contributed by atoms with van der Waals surface area (Å²) in [5, 5.41) is 0. The fraction of sp³-hybridized carbons (Fsp3) is 0.455. The number of aryl methyl sites for hydroxylation is 1. The van der Waals surface area contributed by atoms with Crippen LogP contribution in [-0.4, -0.2) is 66.1 Å². The molecule has 240 valence electrons. The van der Waals surface area contributed by atoms with E-state index < -0.39 is 35.9 Å². The normalized spacial score (nSPS) is 18.6. The lowest BCUT2D eigenvalue weighted by Crippen LogP contribution is -2.44. The van der Waals surface area contributed by atoms with Crippen LogP contribution in [0.4, 0.5) is 32.2 Å². The average molecular weight is 633 g/mol. The van der Waals surface area contributed by atoms with Crippen LogP contribution in [0.2, 0.25) is 0 Å². The van der Waals surface area contributed by atoms with Crippen LogP contribution in [0.15, 0.2) is 48.5 Å². The van der Waals surface area contributed by atoms with Crippen LogP contribution < -0.4 is 9.64 Å². The molecular weight excluding hydrogens is 598 g/mol. The zero-order valence-electron chi connectivity index (χ0n) is 24.8. The van der Waals surface area contributed by atoms with Crippen LogP contribution in [0.25, 0.3) is 11.1 Å². The maximum Gasteiger partial charge on any atom is 0.416 e. The third kappa shape index (κ3) is 6.61. The number of hydrogen-bond acceptors (Lipinski definition) is 5. The molecule has 3 aromatic rings. The highest BCUT2D eigenvalue weighted by molar-refractivity contribution is 6.04. The van der Waals surface area contributed by atoms with E-state index in [2.05, 4.69) is 9.80 Å². The summed E-state index contributed by atoms with van der Waals surface area (Å²) in [6, 6.07) is 11.3. The second kappa shape index (κ2) is 12.2. The van der Waals surface area contributed by atoms with E-state index in [0.29, 0.717) is 29.6 Å². The number of anilines is 1. The zero-order valence-corrected chi connectivity index (χ0v) is 24.8. The highest BCUT2D eigenvalue weighted by Crippen LogP contribution is 2.39. The minimum absolute atomic E-state index is 0.0233. The van der Waals surface area contributed by atoms with Gasteiger partial charge in [0.25, 0.3) is 5.91 Å². The quantitative estimate of drug-likeness (QED) is 0.279. The first-order chi connectivity index (χ1) is 21.4. The van der Waals surface area contributed by atoms with Crippen LogP contribution in [0, 0.1) is 6.92 Å². The van der Waals surface area contributed by atoms with Crippen LogP contribution >= 0.6 is 0 Å². The lowest BCUT2D eigenvalue weighted by atomic mass is 9.95. The van der Waals surface area contributed by atoms with Gasteiger partial charge in [0.2, 0.25) is 5.88 Å². The summed E-state index contributed by atoms with van der Waals surface area (Å²) in [4.78, 5) is 24.9. The number of ether oxygens (including phenoxy) is 1. The molecule has 2 fully saturated rings. The Labute approximate surface area is 257 Å². The van der Waals surface area contributed by atoms with Crippen LogP contribution in [-0.2, 0) is 18.9 Å². The minimum Gasteiger partial charge on any atom is -0.475 e. The highest BCUT2D eigenvalue weighted by atomic mass is 19.4. The molecule has 0 spiro atoms. The molecule has 0 aliphatic carbocycles. The molecular formula is C33H34F6N4O2. The molecule has 0 N–H and O–H groups in total. The van der Waals surface area contributed by atoms with Gasteiger partial charge in [-0.1, -0.05) is 24.3 Å². The highest BCUT2D eigenvalue weighted by Gasteiger charge is 2.38. The van der Waals surface area contributed by atoms with Gasteiger partial charge in [-0.15, -0.1) is 0 Å². The number of carbonyl (C=O) groups is 1. The number of likely N-dealkylation sites (tertiary alicyclic amines) is 1. The van der Waals surface area contributed by atoms with Gasteiger partial charge in [-0.3, -0.25) is 4.79 Å². The van der Waals surface area contributed by atoms with Crippen molar-refractivity contribution in [1.82, 2.24) is 14.8 Å². The summed E-state index contributed by atoms with van der Waals surface area (Å²) in [6.45, 7) is 5.21. The number of benzene rings is 2. The van der Waals surface area contributed by atoms with Gasteiger partial charge in [0.05, 0.1) is 17.7 Å². The van der Waals surface area contributed by atoms with E-state index in [1.807, 2.05) is 37.3 Å². The number of fused-ring (bicyclic) bond motifs is 1. The third-order valence-electron chi connectivity index (χ3n) is 8.98. The van der Waals surface area contributed by atoms with Gasteiger partial charge < -0.3 is 19.4 Å². The predicted octanol–water partition coefficient (Wildman–Crippen LogP) is 7.19. The van der Waals surface area contributed by atoms with Crippen molar-refractivity contribution < 1.29 is 35.9 Å². The summed E-state index contributed by atoms with van der Waals surface area (Å²) in [5.74, 6) is 0.208. The Morgan fingerprint density at radius 1 is 0.844 bits per heavy atom. The molecule has 4 heterocycles. The molecule has 45 heavy (non-hydrogen) atoms. The number of piperidine rings is 1. The number of amides is 1. The Bertz CT molecular complexity index is 1530. The second-order valence-electron chi connectivity index (χ2n) is 12.0. The van der Waals surface area contributed by atoms with Crippen molar-refractivity contribution >= 4 is 11.7 Å². The van der Waals surface area contributed by atoms with E-state index in [0.717, 1.165) is 50.1 Å². The van der Waals surface area contributed by atoms with E-state index in [4.69, 9.17) is 9.72 Å². The molecule has 6 rings (SSSR count). The molecule has 6 nitrogen and oxygen atoms in total. The van der Waals surface area contributed by atoms with Gasteiger partial charge in [0.1, 0.15) is 18.0 Å². The summed E-state index contributed by atoms with van der Waals surface area (Å²) in [5.41, 5.74) is -0.773. The molecule has 0 saturated carbocycles. The predicted molar refractivity (Wildman–Crippen MR) is 157 cm³/mol. The number of pyridine rings is 1. The molecule has 0 radical (unpaired) electrons. The number of carbonyl (C=O) groups excluding carboxylic acids is 1. The molecule has 1 aromatic heterocycles. The lowest BCUT2D eigenvalue weighted by molar-refractivity contribution is -0.143. The maximum atomic E-state index is 14.1. The SMILES string of the molecule is Cc1ccccc1-c1cc(N2CCC(N3CCCC3)CC2)nc2c1C(=O)N(Cc1cc(C(F)(F)F)cc(C(F)(F)F)c1)CCO2. The van der Waals surface area contributed by atoms with Gasteiger partial charge >= 0.3 is 12.4 Å². The van der Waals surface area contributed by atoms with Gasteiger partial charge in [-0.25, -0.2) is 0 Å². The van der Waals surface area contributed by atoms with E-state index in [-0.39, 0.29) is 36.2 Å². The summed E-state index contributed by atoms with van der Waals surface area (Å²) >= 11 is 0. The van der Waals surface area contributed by atoms with Gasteiger partial charge in [-0.2, -0.15) is 31.3 Å². The monoisotopic (exact) mass is 632 g/mol. The average Bonchev–Trinajstić information content (AvgIpc) is 3.49. The molecule has 1 amide bonds. The van der Waals surface area contributed by atoms with E-state index >= 15 is 0 Å². The van der Waals surface area contributed by atoms with Crippen molar-refractivity contribution in [2.24, 2.45) is 0 Å². The smallest absolute Gasteiger partial charge is 0.416 e. The Morgan fingerprint density at radius 3 is 2.11 bits per heavy atom. The van der Waals surface area contributed by atoms with Gasteiger partial charge in [-0.05, 0) is 86.7 Å². The second-order valence-corrected chi connectivity index (χ2v) is 12.0. The van der Waals surface area contributed by atoms with Crippen molar-refractivity contribution in [2.75, 3.05) is 44.2 Å². The molecule has 0 atom stereocenters. The summed E-state index contributed by atoms with van der Waals surface area (Å²) in [7, 11) is 0. The number of halogens is 6. The Morgan fingerprint density at radius 2 is 1.49 bits per heavy atom. The first-order valence-corrected chi connectivity index (χ1v) is 15.2. The number of alkyl halides is 6.